The maximum absolute atomic E-state index is 13.1. The topological polar surface area (TPSA) is 43.4 Å². The van der Waals surface area contributed by atoms with Gasteiger partial charge in [0.1, 0.15) is 10.6 Å². The molecule has 20 heavy (non-hydrogen) atoms. The van der Waals surface area contributed by atoms with E-state index in [-0.39, 0.29) is 5.75 Å². The van der Waals surface area contributed by atoms with Gasteiger partial charge in [-0.25, -0.2) is 8.78 Å². The molecule has 0 aliphatic rings. The lowest BCUT2D eigenvalue weighted by Gasteiger charge is -2.08. The van der Waals surface area contributed by atoms with Crippen LogP contribution in [-0.2, 0) is 10.1 Å². The van der Waals surface area contributed by atoms with E-state index in [9.17, 15) is 17.2 Å². The van der Waals surface area contributed by atoms with E-state index >= 15 is 0 Å². The van der Waals surface area contributed by atoms with Crippen molar-refractivity contribution in [2.45, 2.75) is 11.8 Å². The molecular formula is C13H9ClF2O3S. The minimum absolute atomic E-state index is 0.0385. The summed E-state index contributed by atoms with van der Waals surface area (Å²) >= 11 is 5.81. The number of halogens is 3. The van der Waals surface area contributed by atoms with Crippen LogP contribution in [0.15, 0.2) is 41.3 Å². The zero-order valence-corrected chi connectivity index (χ0v) is 11.8. The summed E-state index contributed by atoms with van der Waals surface area (Å²) in [4.78, 5) is -0.469. The summed E-state index contributed by atoms with van der Waals surface area (Å²) in [5.74, 6) is -2.36. The summed E-state index contributed by atoms with van der Waals surface area (Å²) < 4.78 is 54.5. The van der Waals surface area contributed by atoms with Gasteiger partial charge in [0.2, 0.25) is 0 Å². The smallest absolute Gasteiger partial charge is 0.339 e. The highest BCUT2D eigenvalue weighted by Gasteiger charge is 2.19. The summed E-state index contributed by atoms with van der Waals surface area (Å²) in [5.41, 5.74) is 0.629. The Kier molecular flexibility index (Phi) is 3.96. The van der Waals surface area contributed by atoms with Gasteiger partial charge in [0, 0.05) is 5.02 Å². The summed E-state index contributed by atoms with van der Waals surface area (Å²) in [7, 11) is -4.23. The quantitative estimate of drug-likeness (QED) is 0.811. The van der Waals surface area contributed by atoms with Crippen molar-refractivity contribution >= 4 is 21.7 Å². The van der Waals surface area contributed by atoms with E-state index in [2.05, 4.69) is 0 Å². The number of benzene rings is 2. The molecule has 2 aromatic carbocycles. The van der Waals surface area contributed by atoms with Gasteiger partial charge in [0.15, 0.2) is 11.6 Å². The van der Waals surface area contributed by atoms with Crippen molar-refractivity contribution in [1.82, 2.24) is 0 Å². The van der Waals surface area contributed by atoms with Crippen molar-refractivity contribution in [3.8, 4) is 5.75 Å². The van der Waals surface area contributed by atoms with Crippen LogP contribution in [0.2, 0.25) is 5.02 Å². The van der Waals surface area contributed by atoms with Crippen molar-refractivity contribution in [2.24, 2.45) is 0 Å². The minimum Gasteiger partial charge on any atom is -0.379 e. The Balaban J connectivity index is 2.35. The fraction of sp³-hybridized carbons (Fsp3) is 0.0769. The fourth-order valence-electron chi connectivity index (χ4n) is 1.48. The van der Waals surface area contributed by atoms with Crippen LogP contribution < -0.4 is 4.18 Å². The zero-order chi connectivity index (χ0) is 14.9. The Labute approximate surface area is 119 Å². The van der Waals surface area contributed by atoms with Gasteiger partial charge < -0.3 is 4.18 Å². The molecule has 0 N–H and O–H groups in total. The Morgan fingerprint density at radius 1 is 1.05 bits per heavy atom. The third-order valence-corrected chi connectivity index (χ3v) is 4.18. The largest absolute Gasteiger partial charge is 0.379 e. The number of hydrogen-bond donors (Lipinski definition) is 0. The van der Waals surface area contributed by atoms with E-state index in [1.807, 2.05) is 0 Å². The Bertz CT molecular complexity index is 760. The molecule has 0 bridgehead atoms. The number of aryl methyl sites for hydroxylation is 1. The normalized spacial score (nSPS) is 11.4. The Hall–Kier alpha value is -1.66. The van der Waals surface area contributed by atoms with Crippen LogP contribution in [0.5, 0.6) is 5.75 Å². The third kappa shape index (κ3) is 3.08. The molecule has 0 aliphatic carbocycles. The van der Waals surface area contributed by atoms with Crippen LogP contribution in [0.25, 0.3) is 0 Å². The van der Waals surface area contributed by atoms with E-state index in [0.29, 0.717) is 16.7 Å². The van der Waals surface area contributed by atoms with Gasteiger partial charge >= 0.3 is 10.1 Å². The molecule has 0 atom stereocenters. The lowest BCUT2D eigenvalue weighted by Crippen LogP contribution is -2.10. The summed E-state index contributed by atoms with van der Waals surface area (Å²) in [6.07, 6.45) is 0. The predicted molar refractivity (Wildman–Crippen MR) is 70.4 cm³/mol. The van der Waals surface area contributed by atoms with E-state index in [1.165, 1.54) is 18.2 Å². The molecule has 0 aromatic heterocycles. The summed E-state index contributed by atoms with van der Waals surface area (Å²) in [6.45, 7) is 1.68. The molecule has 0 fully saturated rings. The molecule has 0 unspecified atom stereocenters. The van der Waals surface area contributed by atoms with Gasteiger partial charge in [-0.3, -0.25) is 0 Å². The highest BCUT2D eigenvalue weighted by atomic mass is 35.5. The van der Waals surface area contributed by atoms with Crippen molar-refractivity contribution in [1.29, 1.82) is 0 Å². The van der Waals surface area contributed by atoms with Crippen molar-refractivity contribution in [3.63, 3.8) is 0 Å². The van der Waals surface area contributed by atoms with E-state index in [4.69, 9.17) is 15.8 Å². The molecule has 7 heteroatoms. The van der Waals surface area contributed by atoms with E-state index < -0.39 is 26.6 Å². The molecule has 0 spiro atoms. The molecule has 106 valence electrons. The highest BCUT2D eigenvalue weighted by Crippen LogP contribution is 2.24. The maximum Gasteiger partial charge on any atom is 0.339 e. The van der Waals surface area contributed by atoms with E-state index in [1.54, 1.807) is 6.92 Å². The SMILES string of the molecule is Cc1cc(OS(=O)(=O)c2ccc(F)c(F)c2)ccc1Cl. The van der Waals surface area contributed by atoms with Crippen LogP contribution >= 0.6 is 11.6 Å². The number of rotatable bonds is 3. The van der Waals surface area contributed by atoms with Gasteiger partial charge in [0.05, 0.1) is 0 Å². The maximum atomic E-state index is 13.1. The molecular weight excluding hydrogens is 310 g/mol. The van der Waals surface area contributed by atoms with Gasteiger partial charge in [0.25, 0.3) is 0 Å². The lowest BCUT2D eigenvalue weighted by molar-refractivity contribution is 0.479. The zero-order valence-electron chi connectivity index (χ0n) is 10.2. The van der Waals surface area contributed by atoms with Crippen molar-refractivity contribution in [2.75, 3.05) is 0 Å². The van der Waals surface area contributed by atoms with Crippen LogP contribution in [0.1, 0.15) is 5.56 Å². The number of hydrogen-bond acceptors (Lipinski definition) is 3. The first-order chi connectivity index (χ1) is 9.29. The molecule has 0 heterocycles. The second kappa shape index (κ2) is 5.38. The van der Waals surface area contributed by atoms with Crippen LogP contribution in [0.3, 0.4) is 0 Å². The van der Waals surface area contributed by atoms with Crippen LogP contribution in [-0.4, -0.2) is 8.42 Å². The molecule has 0 aliphatic heterocycles. The highest BCUT2D eigenvalue weighted by molar-refractivity contribution is 7.87. The van der Waals surface area contributed by atoms with Crippen molar-refractivity contribution < 1.29 is 21.4 Å². The van der Waals surface area contributed by atoms with Crippen molar-refractivity contribution in [3.05, 3.63) is 58.6 Å². The van der Waals surface area contributed by atoms with Crippen LogP contribution in [0, 0.1) is 18.6 Å². The second-order valence-corrected chi connectivity index (χ2v) is 5.98. The van der Waals surface area contributed by atoms with Gasteiger partial charge in [-0.05, 0) is 48.9 Å². The molecule has 0 saturated carbocycles. The van der Waals surface area contributed by atoms with E-state index in [0.717, 1.165) is 12.1 Å². The Morgan fingerprint density at radius 3 is 2.35 bits per heavy atom. The fourth-order valence-corrected chi connectivity index (χ4v) is 2.53. The van der Waals surface area contributed by atoms with Crippen LogP contribution in [0.4, 0.5) is 8.78 Å². The molecule has 0 amide bonds. The second-order valence-electron chi connectivity index (χ2n) is 4.02. The Morgan fingerprint density at radius 2 is 1.75 bits per heavy atom. The first-order valence-corrected chi connectivity index (χ1v) is 7.24. The first kappa shape index (κ1) is 14.7. The molecule has 2 aromatic rings. The molecule has 2 rings (SSSR count). The average molecular weight is 319 g/mol. The van der Waals surface area contributed by atoms with Gasteiger partial charge in [-0.1, -0.05) is 11.6 Å². The summed E-state index contributed by atoms with van der Waals surface area (Å²) in [5, 5.41) is 0.461. The molecule has 0 radical (unpaired) electrons. The predicted octanol–water partition coefficient (Wildman–Crippen LogP) is 3.69. The van der Waals surface area contributed by atoms with Gasteiger partial charge in [-0.15, -0.1) is 0 Å². The van der Waals surface area contributed by atoms with Gasteiger partial charge in [-0.2, -0.15) is 8.42 Å². The lowest BCUT2D eigenvalue weighted by atomic mass is 10.2. The molecule has 0 saturated heterocycles. The third-order valence-electron chi connectivity index (χ3n) is 2.52. The summed E-state index contributed by atoms with van der Waals surface area (Å²) in [6, 6.07) is 6.49. The monoisotopic (exact) mass is 318 g/mol. The standard InChI is InChI=1S/C13H9ClF2O3S/c1-8-6-9(2-4-11(8)14)19-20(17,18)10-3-5-12(15)13(16)7-10/h2-7H,1H3. The minimum atomic E-state index is -4.23. The molecule has 3 nitrogen and oxygen atoms in total. The first-order valence-electron chi connectivity index (χ1n) is 5.45. The average Bonchev–Trinajstić information content (AvgIpc) is 2.37.